The van der Waals surface area contributed by atoms with Crippen LogP contribution in [0.15, 0.2) is 48.2 Å². The van der Waals surface area contributed by atoms with Gasteiger partial charge < -0.3 is 20.6 Å². The van der Waals surface area contributed by atoms with Crippen LogP contribution in [-0.2, 0) is 6.61 Å². The van der Waals surface area contributed by atoms with E-state index >= 15 is 0 Å². The van der Waals surface area contributed by atoms with Gasteiger partial charge in [-0.1, -0.05) is 6.08 Å². The van der Waals surface area contributed by atoms with E-state index in [0.717, 1.165) is 18.7 Å². The van der Waals surface area contributed by atoms with Crippen molar-refractivity contribution >= 4 is 23.4 Å². The summed E-state index contributed by atoms with van der Waals surface area (Å²) in [7, 11) is 0. The molecule has 1 aromatic heterocycles. The molecule has 0 spiro atoms. The summed E-state index contributed by atoms with van der Waals surface area (Å²) in [5.41, 5.74) is 3.36. The fourth-order valence-electron chi connectivity index (χ4n) is 3.35. The van der Waals surface area contributed by atoms with Gasteiger partial charge in [-0.05, 0) is 49.7 Å². The van der Waals surface area contributed by atoms with Gasteiger partial charge >= 0.3 is 6.11 Å². The van der Waals surface area contributed by atoms with E-state index in [9.17, 15) is 13.9 Å². The van der Waals surface area contributed by atoms with E-state index in [1.54, 1.807) is 24.4 Å². The number of hydrogen-bond acceptors (Lipinski definition) is 5. The van der Waals surface area contributed by atoms with Gasteiger partial charge in [0.2, 0.25) is 0 Å². The summed E-state index contributed by atoms with van der Waals surface area (Å²) in [6.07, 6.45) is 2.41. The van der Waals surface area contributed by atoms with Crippen LogP contribution < -0.4 is 10.1 Å². The molecule has 0 saturated carbocycles. The molecule has 0 amide bonds. The second-order valence-corrected chi connectivity index (χ2v) is 7.64. The molecule has 2 heterocycles. The number of aliphatic hydroxyl groups is 1. The number of aromatic nitrogens is 1. The molecule has 3 N–H and O–H groups in total. The Balaban J connectivity index is 1.80. The molecule has 8 heteroatoms. The third-order valence-electron chi connectivity index (χ3n) is 5.05. The number of pyridine rings is 1. The van der Waals surface area contributed by atoms with Crippen LogP contribution >= 0.6 is 0 Å². The van der Waals surface area contributed by atoms with Crippen molar-refractivity contribution in [3.05, 3.63) is 59.3 Å². The zero-order valence-electron chi connectivity index (χ0n) is 17.8. The summed E-state index contributed by atoms with van der Waals surface area (Å²) in [4.78, 5) is 4.36. The van der Waals surface area contributed by atoms with Gasteiger partial charge in [0.25, 0.3) is 0 Å². The number of halogens is 2. The molecular formula is C23H27F2N4O2+. The molecule has 31 heavy (non-hydrogen) atoms. The molecule has 0 aliphatic carbocycles. The van der Waals surface area contributed by atoms with Crippen molar-refractivity contribution in [1.29, 1.82) is 5.41 Å². The smallest absolute Gasteiger partial charge is 0.394 e. The lowest BCUT2D eigenvalue weighted by molar-refractivity contribution is -0.591. The van der Waals surface area contributed by atoms with E-state index in [1.165, 1.54) is 12.1 Å². The van der Waals surface area contributed by atoms with Crippen LogP contribution in [0.3, 0.4) is 0 Å². The lowest BCUT2D eigenvalue weighted by Gasteiger charge is -2.26. The Morgan fingerprint density at radius 1 is 1.32 bits per heavy atom. The first-order chi connectivity index (χ1) is 14.7. The quantitative estimate of drug-likeness (QED) is 0.430. The zero-order chi connectivity index (χ0) is 22.6. The average molecular weight is 429 g/mol. The van der Waals surface area contributed by atoms with E-state index in [4.69, 9.17) is 5.41 Å². The summed E-state index contributed by atoms with van der Waals surface area (Å²) >= 11 is 0. The second kappa shape index (κ2) is 9.34. The highest BCUT2D eigenvalue weighted by molar-refractivity contribution is 6.06. The van der Waals surface area contributed by atoms with Gasteiger partial charge in [0, 0.05) is 29.9 Å². The SMILES string of the molecule is C/C=C(\C)C=[N+]1CC(C(=N)c2c(CO)ccnc2Nc2ccc(OC(C)(F)F)cc2)C1. The van der Waals surface area contributed by atoms with Crippen molar-refractivity contribution in [3.63, 3.8) is 0 Å². The normalized spacial score (nSPS) is 16.5. The van der Waals surface area contributed by atoms with Crippen LogP contribution in [0.25, 0.3) is 0 Å². The predicted octanol–water partition coefficient (Wildman–Crippen LogP) is 4.36. The summed E-state index contributed by atoms with van der Waals surface area (Å²) in [5, 5.41) is 21.7. The van der Waals surface area contributed by atoms with Crippen LogP contribution in [0.4, 0.5) is 20.3 Å². The summed E-state index contributed by atoms with van der Waals surface area (Å²) in [5.74, 6) is 0.516. The van der Waals surface area contributed by atoms with Crippen LogP contribution in [0.2, 0.25) is 0 Å². The Kier molecular flexibility index (Phi) is 6.80. The third kappa shape index (κ3) is 5.73. The largest absolute Gasteiger partial charge is 0.433 e. The van der Waals surface area contributed by atoms with E-state index in [0.29, 0.717) is 35.3 Å². The number of anilines is 2. The molecule has 0 bridgehead atoms. The molecule has 1 fully saturated rings. The molecule has 1 aliphatic heterocycles. The summed E-state index contributed by atoms with van der Waals surface area (Å²) < 4.78 is 32.7. The van der Waals surface area contributed by atoms with Crippen LogP contribution in [-0.4, -0.2) is 45.8 Å². The highest BCUT2D eigenvalue weighted by Gasteiger charge is 2.36. The number of rotatable bonds is 8. The first kappa shape index (κ1) is 22.6. The first-order valence-electron chi connectivity index (χ1n) is 10.0. The minimum atomic E-state index is -3.26. The first-order valence-corrected chi connectivity index (χ1v) is 10.0. The Bertz CT molecular complexity index is 1000. The fraction of sp³-hybridized carbons (Fsp3) is 0.348. The second-order valence-electron chi connectivity index (χ2n) is 7.64. The number of allylic oxidation sites excluding steroid dienone is 2. The van der Waals surface area contributed by atoms with E-state index in [-0.39, 0.29) is 18.3 Å². The number of nitrogens with zero attached hydrogens (tertiary/aromatic N) is 2. The molecule has 0 radical (unpaired) electrons. The highest BCUT2D eigenvalue weighted by atomic mass is 19.3. The zero-order valence-corrected chi connectivity index (χ0v) is 17.8. The Morgan fingerprint density at radius 3 is 2.58 bits per heavy atom. The van der Waals surface area contributed by atoms with Gasteiger partial charge in [-0.3, -0.25) is 0 Å². The maximum Gasteiger partial charge on any atom is 0.394 e. The number of hydrogen-bond donors (Lipinski definition) is 3. The standard InChI is InChI=1S/C23H27F2N4O2/c1-4-15(2)11-29-12-17(13-29)21(26)20-16(14-30)9-10-27-22(20)28-18-5-7-19(8-6-18)31-23(3,24)25/h4-11,17,26,30H,12-14H2,1-3H3,(H,27,28)/q+1/b15-4+,26-21?,29-11?. The maximum atomic E-state index is 13.0. The minimum Gasteiger partial charge on any atom is -0.433 e. The topological polar surface area (TPSA) is 81.2 Å². The van der Waals surface area contributed by atoms with E-state index < -0.39 is 6.11 Å². The Labute approximate surface area is 180 Å². The third-order valence-corrected chi connectivity index (χ3v) is 5.05. The molecule has 164 valence electrons. The highest BCUT2D eigenvalue weighted by Crippen LogP contribution is 2.29. The van der Waals surface area contributed by atoms with Crippen LogP contribution in [0.5, 0.6) is 5.75 Å². The average Bonchev–Trinajstić information content (AvgIpc) is 2.69. The monoisotopic (exact) mass is 429 g/mol. The Morgan fingerprint density at radius 2 is 2.00 bits per heavy atom. The lowest BCUT2D eigenvalue weighted by atomic mass is 9.89. The summed E-state index contributed by atoms with van der Waals surface area (Å²) in [6.45, 7) is 5.93. The van der Waals surface area contributed by atoms with Gasteiger partial charge in [0.1, 0.15) is 17.5 Å². The Hall–Kier alpha value is -3.13. The van der Waals surface area contributed by atoms with Crippen molar-refractivity contribution in [2.75, 3.05) is 18.4 Å². The summed E-state index contributed by atoms with van der Waals surface area (Å²) in [6, 6.07) is 7.76. The molecule has 3 rings (SSSR count). The van der Waals surface area contributed by atoms with Gasteiger partial charge in [-0.2, -0.15) is 8.78 Å². The molecule has 0 unspecified atom stereocenters. The van der Waals surface area contributed by atoms with Crippen molar-refractivity contribution in [1.82, 2.24) is 4.98 Å². The number of ether oxygens (including phenoxy) is 1. The predicted molar refractivity (Wildman–Crippen MR) is 117 cm³/mol. The number of aliphatic hydroxyl groups excluding tert-OH is 1. The van der Waals surface area contributed by atoms with Crippen molar-refractivity contribution in [2.45, 2.75) is 33.5 Å². The number of alkyl halides is 2. The molecule has 2 aromatic rings. The molecule has 1 saturated heterocycles. The van der Waals surface area contributed by atoms with Crippen molar-refractivity contribution < 1.29 is 23.2 Å². The van der Waals surface area contributed by atoms with Crippen LogP contribution in [0, 0.1) is 11.3 Å². The number of nitrogens with one attached hydrogen (secondary N) is 2. The minimum absolute atomic E-state index is 0.0264. The molecule has 1 aliphatic rings. The van der Waals surface area contributed by atoms with Gasteiger partial charge in [-0.25, -0.2) is 9.56 Å². The van der Waals surface area contributed by atoms with Crippen molar-refractivity contribution in [2.24, 2.45) is 5.92 Å². The van der Waals surface area contributed by atoms with Crippen molar-refractivity contribution in [3.8, 4) is 5.75 Å². The van der Waals surface area contributed by atoms with Gasteiger partial charge in [0.15, 0.2) is 19.3 Å². The number of benzene rings is 1. The van der Waals surface area contributed by atoms with Crippen LogP contribution in [0.1, 0.15) is 31.9 Å². The molecular weight excluding hydrogens is 402 g/mol. The molecule has 0 atom stereocenters. The molecule has 6 nitrogen and oxygen atoms in total. The molecule has 1 aromatic carbocycles. The van der Waals surface area contributed by atoms with E-state index in [2.05, 4.69) is 25.8 Å². The lowest BCUT2D eigenvalue weighted by Crippen LogP contribution is -2.45. The maximum absolute atomic E-state index is 13.0. The fourth-order valence-corrected chi connectivity index (χ4v) is 3.35. The van der Waals surface area contributed by atoms with Gasteiger partial charge in [0.05, 0.1) is 12.3 Å². The van der Waals surface area contributed by atoms with Gasteiger partial charge in [-0.15, -0.1) is 0 Å². The van der Waals surface area contributed by atoms with E-state index in [1.807, 2.05) is 19.9 Å².